The number of hydrogen-bond acceptors (Lipinski definition) is 5. The number of hydrogen-bond donors (Lipinski definition) is 1. The van der Waals surface area contributed by atoms with Crippen molar-refractivity contribution in [1.29, 1.82) is 0 Å². The van der Waals surface area contributed by atoms with Gasteiger partial charge in [0.1, 0.15) is 10.9 Å². The van der Waals surface area contributed by atoms with Crippen LogP contribution in [-0.2, 0) is 29.0 Å². The molecule has 1 unspecified atom stereocenters. The fourth-order valence-corrected chi connectivity index (χ4v) is 5.55. The summed E-state index contributed by atoms with van der Waals surface area (Å²) in [4.78, 5) is 46.2. The lowest BCUT2D eigenvalue weighted by molar-refractivity contribution is -0.145. The fourth-order valence-electron chi connectivity index (χ4n) is 4.33. The largest absolute Gasteiger partial charge is 0.353 e. The first-order valence-electron chi connectivity index (χ1n) is 10.0. The van der Waals surface area contributed by atoms with Crippen LogP contribution in [0, 0.1) is 5.92 Å². The Morgan fingerprint density at radius 2 is 2.11 bits per heavy atom. The quantitative estimate of drug-likeness (QED) is 0.844. The first kappa shape index (κ1) is 19.1. The monoisotopic (exact) mass is 402 g/mol. The lowest BCUT2D eigenvalue weighted by Gasteiger charge is -2.37. The zero-order valence-electron chi connectivity index (χ0n) is 16.4. The van der Waals surface area contributed by atoms with E-state index in [0.717, 1.165) is 35.0 Å². The van der Waals surface area contributed by atoms with Crippen LogP contribution in [0.15, 0.2) is 11.1 Å². The highest BCUT2D eigenvalue weighted by Crippen LogP contribution is 2.33. The van der Waals surface area contributed by atoms with Crippen molar-refractivity contribution in [3.63, 3.8) is 0 Å². The van der Waals surface area contributed by atoms with Crippen LogP contribution in [-0.4, -0.2) is 45.4 Å². The van der Waals surface area contributed by atoms with Gasteiger partial charge in [-0.25, -0.2) is 4.98 Å². The van der Waals surface area contributed by atoms with Crippen LogP contribution >= 0.6 is 11.3 Å². The predicted octanol–water partition coefficient (Wildman–Crippen LogP) is 1.71. The van der Waals surface area contributed by atoms with Gasteiger partial charge in [-0.2, -0.15) is 0 Å². The molecule has 2 amide bonds. The summed E-state index contributed by atoms with van der Waals surface area (Å²) in [5.74, 6) is -0.144. The Bertz CT molecular complexity index is 978. The number of carbonyl (C=O) groups is 2. The number of piperazine rings is 1. The van der Waals surface area contributed by atoms with Gasteiger partial charge in [-0.05, 0) is 37.2 Å². The van der Waals surface area contributed by atoms with E-state index in [-0.39, 0.29) is 36.3 Å². The molecule has 2 aliphatic rings. The molecule has 2 aromatic heterocycles. The van der Waals surface area contributed by atoms with Gasteiger partial charge in [0, 0.05) is 30.9 Å². The molecule has 1 aliphatic heterocycles. The molecule has 0 spiro atoms. The van der Waals surface area contributed by atoms with Gasteiger partial charge in [0.2, 0.25) is 11.8 Å². The molecule has 4 rings (SSSR count). The van der Waals surface area contributed by atoms with Gasteiger partial charge in [-0.3, -0.25) is 19.0 Å². The Morgan fingerprint density at radius 1 is 1.32 bits per heavy atom. The van der Waals surface area contributed by atoms with Gasteiger partial charge in [-0.15, -0.1) is 11.3 Å². The highest BCUT2D eigenvalue weighted by Gasteiger charge is 2.34. The molecule has 0 bridgehead atoms. The van der Waals surface area contributed by atoms with Gasteiger partial charge in [-0.1, -0.05) is 13.8 Å². The third kappa shape index (κ3) is 3.34. The van der Waals surface area contributed by atoms with Crippen LogP contribution in [0.4, 0.5) is 0 Å². The second-order valence-electron chi connectivity index (χ2n) is 7.95. The highest BCUT2D eigenvalue weighted by atomic mass is 32.1. The number of aromatic nitrogens is 2. The predicted molar refractivity (Wildman–Crippen MR) is 108 cm³/mol. The summed E-state index contributed by atoms with van der Waals surface area (Å²) in [6.07, 6.45) is 6.00. The number of thiophene rings is 1. The zero-order chi connectivity index (χ0) is 19.8. The molecule has 7 nitrogen and oxygen atoms in total. The molecule has 2 aromatic rings. The van der Waals surface area contributed by atoms with E-state index >= 15 is 0 Å². The molecule has 1 atom stereocenters. The van der Waals surface area contributed by atoms with Crippen molar-refractivity contribution in [3.05, 3.63) is 27.1 Å². The van der Waals surface area contributed by atoms with Crippen molar-refractivity contribution in [3.8, 4) is 0 Å². The summed E-state index contributed by atoms with van der Waals surface area (Å²) in [5.41, 5.74) is 1.12. The number of amides is 2. The van der Waals surface area contributed by atoms with Crippen molar-refractivity contribution < 1.29 is 9.59 Å². The van der Waals surface area contributed by atoms with E-state index in [4.69, 9.17) is 0 Å². The minimum absolute atomic E-state index is 0.0438. The van der Waals surface area contributed by atoms with E-state index in [1.807, 2.05) is 13.8 Å². The SMILES string of the molecule is CC(C)C1C(=O)NCCN1C(=O)CCn1cnc2sc3c(c2c1=O)CCCC3. The van der Waals surface area contributed by atoms with E-state index < -0.39 is 6.04 Å². The Kier molecular flexibility index (Phi) is 5.23. The molecular formula is C20H26N4O3S. The third-order valence-corrected chi connectivity index (χ3v) is 6.92. The summed E-state index contributed by atoms with van der Waals surface area (Å²) in [6, 6.07) is -0.442. The molecule has 1 fully saturated rings. The number of rotatable bonds is 4. The normalized spacial score (nSPS) is 19.8. The molecule has 0 aromatic carbocycles. The van der Waals surface area contributed by atoms with Crippen molar-refractivity contribution in [2.24, 2.45) is 5.92 Å². The van der Waals surface area contributed by atoms with E-state index in [9.17, 15) is 14.4 Å². The molecule has 3 heterocycles. The van der Waals surface area contributed by atoms with Crippen LogP contribution in [0.3, 0.4) is 0 Å². The first-order chi connectivity index (χ1) is 13.5. The van der Waals surface area contributed by atoms with Crippen LogP contribution in [0.2, 0.25) is 0 Å². The maximum Gasteiger partial charge on any atom is 0.262 e. The molecule has 1 saturated heterocycles. The van der Waals surface area contributed by atoms with E-state index in [1.54, 1.807) is 27.1 Å². The van der Waals surface area contributed by atoms with Crippen molar-refractivity contribution in [2.75, 3.05) is 13.1 Å². The second kappa shape index (κ2) is 7.66. The summed E-state index contributed by atoms with van der Waals surface area (Å²) in [7, 11) is 0. The molecule has 0 radical (unpaired) electrons. The molecule has 28 heavy (non-hydrogen) atoms. The molecule has 1 N–H and O–H groups in total. The van der Waals surface area contributed by atoms with Crippen molar-refractivity contribution in [1.82, 2.24) is 19.8 Å². The average molecular weight is 403 g/mol. The van der Waals surface area contributed by atoms with E-state index in [1.165, 1.54) is 11.3 Å². The van der Waals surface area contributed by atoms with Crippen molar-refractivity contribution in [2.45, 2.75) is 58.5 Å². The Labute approximate surface area is 167 Å². The summed E-state index contributed by atoms with van der Waals surface area (Å²) in [6.45, 7) is 5.16. The standard InChI is InChI=1S/C20H26N4O3S/c1-12(2)17-18(26)21-8-10-24(17)15(25)7-9-23-11-22-19-16(20(23)27)13-5-3-4-6-14(13)28-19/h11-12,17H,3-10H2,1-2H3,(H,21,26). The second-order valence-corrected chi connectivity index (χ2v) is 9.03. The molecule has 0 saturated carbocycles. The zero-order valence-corrected chi connectivity index (χ0v) is 17.2. The van der Waals surface area contributed by atoms with Gasteiger partial charge < -0.3 is 10.2 Å². The van der Waals surface area contributed by atoms with Crippen LogP contribution in [0.5, 0.6) is 0 Å². The lowest BCUT2D eigenvalue weighted by atomic mass is 9.97. The number of aryl methyl sites for hydroxylation is 3. The molecule has 8 heteroatoms. The first-order valence-corrected chi connectivity index (χ1v) is 10.9. The maximum atomic E-state index is 13.0. The maximum absolute atomic E-state index is 13.0. The van der Waals surface area contributed by atoms with Gasteiger partial charge in [0.15, 0.2) is 0 Å². The molecule has 1 aliphatic carbocycles. The lowest BCUT2D eigenvalue weighted by Crippen LogP contribution is -2.59. The van der Waals surface area contributed by atoms with Gasteiger partial charge >= 0.3 is 0 Å². The minimum Gasteiger partial charge on any atom is -0.353 e. The molecular weight excluding hydrogens is 376 g/mol. The van der Waals surface area contributed by atoms with E-state index in [0.29, 0.717) is 13.1 Å². The minimum atomic E-state index is -0.442. The molecule has 150 valence electrons. The van der Waals surface area contributed by atoms with Gasteiger partial charge in [0.25, 0.3) is 5.56 Å². The Balaban J connectivity index is 1.54. The topological polar surface area (TPSA) is 84.3 Å². The van der Waals surface area contributed by atoms with Crippen molar-refractivity contribution >= 4 is 33.4 Å². The Hall–Kier alpha value is -2.22. The van der Waals surface area contributed by atoms with Crippen LogP contribution < -0.4 is 10.9 Å². The number of fused-ring (bicyclic) bond motifs is 3. The van der Waals surface area contributed by atoms with Crippen LogP contribution in [0.1, 0.15) is 43.6 Å². The smallest absolute Gasteiger partial charge is 0.262 e. The number of nitrogens with one attached hydrogen (secondary N) is 1. The van der Waals surface area contributed by atoms with E-state index in [2.05, 4.69) is 10.3 Å². The average Bonchev–Trinajstić information content (AvgIpc) is 3.06. The number of nitrogens with zero attached hydrogens (tertiary/aromatic N) is 3. The van der Waals surface area contributed by atoms with Gasteiger partial charge in [0.05, 0.1) is 11.7 Å². The number of carbonyl (C=O) groups excluding carboxylic acids is 2. The summed E-state index contributed by atoms with van der Waals surface area (Å²) in [5, 5.41) is 3.57. The third-order valence-electron chi connectivity index (χ3n) is 5.72. The summed E-state index contributed by atoms with van der Waals surface area (Å²) >= 11 is 1.63. The fraction of sp³-hybridized carbons (Fsp3) is 0.600. The van der Waals surface area contributed by atoms with Crippen LogP contribution in [0.25, 0.3) is 10.2 Å². The highest BCUT2D eigenvalue weighted by molar-refractivity contribution is 7.18. The summed E-state index contributed by atoms with van der Waals surface area (Å²) < 4.78 is 1.55. The Morgan fingerprint density at radius 3 is 2.89 bits per heavy atom.